The number of nitrogens with zero attached hydrogens (tertiary/aromatic N) is 1. The van der Waals surface area contributed by atoms with Crippen LogP contribution >= 0.6 is 35.6 Å². The molecule has 5 nitrogen and oxygen atoms in total. The number of rotatable bonds is 11. The van der Waals surface area contributed by atoms with E-state index in [9.17, 15) is 4.79 Å². The predicted octanol–water partition coefficient (Wildman–Crippen LogP) is 8.42. The van der Waals surface area contributed by atoms with Crippen LogP contribution in [0.25, 0.3) is 6.08 Å². The van der Waals surface area contributed by atoms with Gasteiger partial charge in [-0.15, -0.1) is 0 Å². The summed E-state index contributed by atoms with van der Waals surface area (Å²) in [5, 5.41) is 0.410. The Morgan fingerprint density at radius 3 is 2.46 bits per heavy atom. The Morgan fingerprint density at radius 2 is 1.74 bits per heavy atom. The van der Waals surface area contributed by atoms with Crippen molar-refractivity contribution in [3.8, 4) is 17.2 Å². The van der Waals surface area contributed by atoms with Gasteiger partial charge in [-0.2, -0.15) is 0 Å². The number of hydrogen-bond donors (Lipinski definition) is 0. The summed E-state index contributed by atoms with van der Waals surface area (Å²) in [7, 11) is 0. The molecule has 0 spiro atoms. The SMILES string of the molecule is CCOc1cc(/C=C2/SC(=S)N(c3ccccc3)C2=O)cc(Cl)c1OCCCOc1cc(C)ccc1C(C)C. The molecule has 204 valence electrons. The van der Waals surface area contributed by atoms with E-state index in [2.05, 4.69) is 39.0 Å². The van der Waals surface area contributed by atoms with Crippen molar-refractivity contribution < 1.29 is 19.0 Å². The van der Waals surface area contributed by atoms with E-state index in [1.165, 1.54) is 27.8 Å². The summed E-state index contributed by atoms with van der Waals surface area (Å²) in [6.45, 7) is 9.66. The quantitative estimate of drug-likeness (QED) is 0.129. The van der Waals surface area contributed by atoms with Gasteiger partial charge in [0.25, 0.3) is 5.91 Å². The second-order valence-corrected chi connectivity index (χ2v) is 11.4. The molecule has 1 heterocycles. The molecule has 4 rings (SSSR count). The molecule has 1 fully saturated rings. The van der Waals surface area contributed by atoms with Crippen LogP contribution in [0.2, 0.25) is 5.02 Å². The Morgan fingerprint density at radius 1 is 1.00 bits per heavy atom. The van der Waals surface area contributed by atoms with Crippen LogP contribution in [0, 0.1) is 6.92 Å². The molecule has 1 aliphatic rings. The first kappa shape index (κ1) is 29.0. The predicted molar refractivity (Wildman–Crippen MR) is 166 cm³/mol. The Balaban J connectivity index is 1.43. The lowest BCUT2D eigenvalue weighted by Crippen LogP contribution is -2.27. The third-order valence-corrected chi connectivity index (χ3v) is 7.60. The first-order chi connectivity index (χ1) is 18.8. The number of carbonyl (C=O) groups is 1. The monoisotopic (exact) mass is 581 g/mol. The number of thiocarbonyl (C=S) groups is 1. The highest BCUT2D eigenvalue weighted by Gasteiger charge is 2.33. The Kier molecular flexibility index (Phi) is 9.94. The Bertz CT molecular complexity index is 1370. The van der Waals surface area contributed by atoms with Gasteiger partial charge in [0.15, 0.2) is 15.8 Å². The second kappa shape index (κ2) is 13.4. The number of thioether (sulfide) groups is 1. The molecule has 1 aliphatic heterocycles. The van der Waals surface area contributed by atoms with Crippen molar-refractivity contribution in [2.75, 3.05) is 24.7 Å². The van der Waals surface area contributed by atoms with E-state index in [0.29, 0.717) is 57.9 Å². The van der Waals surface area contributed by atoms with Crippen LogP contribution in [0.4, 0.5) is 5.69 Å². The minimum absolute atomic E-state index is 0.167. The minimum Gasteiger partial charge on any atom is -0.493 e. The lowest BCUT2D eigenvalue weighted by Gasteiger charge is -2.16. The molecule has 0 radical (unpaired) electrons. The van der Waals surface area contributed by atoms with Gasteiger partial charge in [0.1, 0.15) is 5.75 Å². The van der Waals surface area contributed by atoms with Gasteiger partial charge in [0.2, 0.25) is 0 Å². The molecule has 39 heavy (non-hydrogen) atoms. The molecular formula is C31H32ClNO4S2. The van der Waals surface area contributed by atoms with E-state index in [1.54, 1.807) is 12.1 Å². The molecule has 1 saturated heterocycles. The third-order valence-electron chi connectivity index (χ3n) is 6.02. The van der Waals surface area contributed by atoms with Gasteiger partial charge in [-0.05, 0) is 72.9 Å². The number of ether oxygens (including phenoxy) is 3. The zero-order valence-corrected chi connectivity index (χ0v) is 24.9. The largest absolute Gasteiger partial charge is 0.493 e. The summed E-state index contributed by atoms with van der Waals surface area (Å²) in [6, 6.07) is 19.3. The molecule has 0 unspecified atom stereocenters. The van der Waals surface area contributed by atoms with Gasteiger partial charge in [-0.3, -0.25) is 9.69 Å². The molecule has 1 amide bonds. The van der Waals surface area contributed by atoms with Crippen LogP contribution in [0.1, 0.15) is 49.8 Å². The van der Waals surface area contributed by atoms with Crippen LogP contribution in [0.5, 0.6) is 17.2 Å². The lowest BCUT2D eigenvalue weighted by molar-refractivity contribution is -0.113. The lowest BCUT2D eigenvalue weighted by atomic mass is 10.0. The summed E-state index contributed by atoms with van der Waals surface area (Å²) < 4.78 is 18.4. The first-order valence-corrected chi connectivity index (χ1v) is 14.5. The standard InChI is InChI=1S/C31H32ClNO4S2/c1-5-35-27-18-22(19-28-30(34)33(31(38)39-28)23-10-7-6-8-11-23)17-25(32)29(27)37-15-9-14-36-26-16-21(4)12-13-24(26)20(2)3/h6-8,10-13,16-20H,5,9,14-15H2,1-4H3/b28-19+. The van der Waals surface area contributed by atoms with E-state index in [0.717, 1.165) is 17.0 Å². The fourth-order valence-corrected chi connectivity index (χ4v) is 5.72. The van der Waals surface area contributed by atoms with Crippen molar-refractivity contribution in [3.63, 3.8) is 0 Å². The summed E-state index contributed by atoms with van der Waals surface area (Å²) in [5.74, 6) is 2.13. The van der Waals surface area contributed by atoms with Crippen molar-refractivity contribution in [1.29, 1.82) is 0 Å². The van der Waals surface area contributed by atoms with Crippen LogP contribution in [-0.2, 0) is 4.79 Å². The van der Waals surface area contributed by atoms with Crippen molar-refractivity contribution >= 4 is 57.6 Å². The van der Waals surface area contributed by atoms with Gasteiger partial charge in [0, 0.05) is 6.42 Å². The molecular weight excluding hydrogens is 550 g/mol. The molecule has 0 aromatic heterocycles. The molecule has 8 heteroatoms. The van der Waals surface area contributed by atoms with Gasteiger partial charge in [-0.1, -0.05) is 79.8 Å². The van der Waals surface area contributed by atoms with E-state index < -0.39 is 0 Å². The fourth-order valence-electron chi connectivity index (χ4n) is 4.15. The van der Waals surface area contributed by atoms with E-state index in [1.807, 2.05) is 43.3 Å². The van der Waals surface area contributed by atoms with Gasteiger partial charge in [0.05, 0.1) is 35.4 Å². The van der Waals surface area contributed by atoms with Gasteiger partial charge < -0.3 is 14.2 Å². The third kappa shape index (κ3) is 7.15. The smallest absolute Gasteiger partial charge is 0.270 e. The molecule has 3 aromatic carbocycles. The first-order valence-electron chi connectivity index (χ1n) is 12.9. The normalized spacial score (nSPS) is 14.4. The van der Waals surface area contributed by atoms with Crippen molar-refractivity contribution in [2.24, 2.45) is 0 Å². The second-order valence-electron chi connectivity index (χ2n) is 9.36. The topological polar surface area (TPSA) is 48.0 Å². The summed E-state index contributed by atoms with van der Waals surface area (Å²) in [6.07, 6.45) is 2.46. The highest BCUT2D eigenvalue weighted by Crippen LogP contribution is 2.40. The van der Waals surface area contributed by atoms with E-state index >= 15 is 0 Å². The van der Waals surface area contributed by atoms with Crippen LogP contribution < -0.4 is 19.1 Å². The van der Waals surface area contributed by atoms with E-state index in [-0.39, 0.29) is 5.91 Å². The number of para-hydroxylation sites is 1. The van der Waals surface area contributed by atoms with Crippen molar-refractivity contribution in [1.82, 2.24) is 0 Å². The number of hydrogen-bond acceptors (Lipinski definition) is 6. The average molecular weight is 582 g/mol. The summed E-state index contributed by atoms with van der Waals surface area (Å²) in [5.41, 5.74) is 3.83. The maximum atomic E-state index is 13.1. The zero-order chi connectivity index (χ0) is 27.9. The zero-order valence-electron chi connectivity index (χ0n) is 22.5. The highest BCUT2D eigenvalue weighted by molar-refractivity contribution is 8.27. The van der Waals surface area contributed by atoms with Crippen LogP contribution in [0.3, 0.4) is 0 Å². The van der Waals surface area contributed by atoms with Crippen LogP contribution in [-0.4, -0.2) is 30.0 Å². The van der Waals surface area contributed by atoms with Gasteiger partial charge in [-0.25, -0.2) is 0 Å². The average Bonchev–Trinajstić information content (AvgIpc) is 3.17. The minimum atomic E-state index is -0.167. The van der Waals surface area contributed by atoms with Crippen molar-refractivity contribution in [2.45, 2.75) is 40.0 Å². The molecule has 0 aliphatic carbocycles. The number of carbonyl (C=O) groups excluding carboxylic acids is 1. The Labute approximate surface area is 245 Å². The maximum Gasteiger partial charge on any atom is 0.270 e. The molecule has 0 saturated carbocycles. The number of aryl methyl sites for hydroxylation is 1. The molecule has 0 atom stereocenters. The Hall–Kier alpha value is -3.00. The number of anilines is 1. The van der Waals surface area contributed by atoms with Gasteiger partial charge >= 0.3 is 0 Å². The molecule has 3 aromatic rings. The number of amides is 1. The van der Waals surface area contributed by atoms with Crippen molar-refractivity contribution in [3.05, 3.63) is 87.3 Å². The fraction of sp³-hybridized carbons (Fsp3) is 0.290. The molecule has 0 N–H and O–H groups in total. The molecule has 0 bridgehead atoms. The highest BCUT2D eigenvalue weighted by atomic mass is 35.5. The summed E-state index contributed by atoms with van der Waals surface area (Å²) in [4.78, 5) is 15.2. The van der Waals surface area contributed by atoms with Crippen LogP contribution in [0.15, 0.2) is 65.6 Å². The summed E-state index contributed by atoms with van der Waals surface area (Å²) >= 11 is 13.4. The number of benzene rings is 3. The maximum absolute atomic E-state index is 13.1. The van der Waals surface area contributed by atoms with E-state index in [4.69, 9.17) is 38.0 Å². The number of halogens is 1.